The maximum atomic E-state index is 2.61. The lowest BCUT2D eigenvalue weighted by Crippen LogP contribution is -2.58. The predicted octanol–water partition coefficient (Wildman–Crippen LogP) is 2.89. The molecule has 0 aliphatic carbocycles. The second kappa shape index (κ2) is 1.96. The highest BCUT2D eigenvalue weighted by Crippen LogP contribution is 2.39. The van der Waals surface area contributed by atoms with Crippen molar-refractivity contribution in [2.75, 3.05) is 0 Å². The Morgan fingerprint density at radius 3 is 1.56 bits per heavy atom. The molecular formula is C7H18Si2. The van der Waals surface area contributed by atoms with Gasteiger partial charge in [0.05, 0.1) is 0 Å². The van der Waals surface area contributed by atoms with Crippen molar-refractivity contribution in [3.63, 3.8) is 0 Å². The Kier molecular flexibility index (Phi) is 1.64. The average molecular weight is 158 g/mol. The van der Waals surface area contributed by atoms with E-state index in [2.05, 4.69) is 26.2 Å². The van der Waals surface area contributed by atoms with E-state index in [0.29, 0.717) is 0 Å². The Balaban J connectivity index is 2.59. The summed E-state index contributed by atoms with van der Waals surface area (Å²) in [6, 6.07) is 3.28. The number of hydrogen-bond acceptors (Lipinski definition) is 0. The Morgan fingerprint density at radius 2 is 1.56 bits per heavy atom. The SMILES string of the molecule is C[Si](C)(C)[Si]1(C)CCC1. The van der Waals surface area contributed by atoms with E-state index in [0.717, 1.165) is 0 Å². The molecule has 1 rings (SSSR count). The van der Waals surface area contributed by atoms with E-state index in [1.165, 1.54) is 0 Å². The van der Waals surface area contributed by atoms with Gasteiger partial charge >= 0.3 is 0 Å². The van der Waals surface area contributed by atoms with Gasteiger partial charge in [-0.3, -0.25) is 0 Å². The quantitative estimate of drug-likeness (QED) is 0.515. The van der Waals surface area contributed by atoms with E-state index < -0.39 is 15.2 Å². The zero-order chi connectivity index (χ0) is 7.12. The molecule has 54 valence electrons. The molecule has 0 nitrogen and oxygen atoms in total. The van der Waals surface area contributed by atoms with Crippen molar-refractivity contribution in [2.24, 2.45) is 0 Å². The fraction of sp³-hybridized carbons (Fsp3) is 1.00. The van der Waals surface area contributed by atoms with Crippen LogP contribution in [0.15, 0.2) is 0 Å². The van der Waals surface area contributed by atoms with E-state index >= 15 is 0 Å². The van der Waals surface area contributed by atoms with Crippen LogP contribution in [0.1, 0.15) is 6.42 Å². The first-order valence-electron chi connectivity index (χ1n) is 3.96. The van der Waals surface area contributed by atoms with E-state index in [4.69, 9.17) is 0 Å². The van der Waals surface area contributed by atoms with E-state index in [1.54, 1.807) is 18.5 Å². The van der Waals surface area contributed by atoms with Crippen molar-refractivity contribution in [2.45, 2.75) is 44.7 Å². The highest BCUT2D eigenvalue weighted by molar-refractivity contribution is 7.41. The number of hydrogen-bond donors (Lipinski definition) is 0. The molecule has 9 heavy (non-hydrogen) atoms. The van der Waals surface area contributed by atoms with Gasteiger partial charge in [-0.2, -0.15) is 0 Å². The third kappa shape index (κ3) is 1.15. The molecule has 1 aliphatic rings. The van der Waals surface area contributed by atoms with Crippen LogP contribution in [0.5, 0.6) is 0 Å². The van der Waals surface area contributed by atoms with E-state index in [-0.39, 0.29) is 0 Å². The molecule has 1 saturated heterocycles. The van der Waals surface area contributed by atoms with Crippen LogP contribution in [-0.2, 0) is 0 Å². The minimum Gasteiger partial charge on any atom is -0.0715 e. The third-order valence-electron chi connectivity index (χ3n) is 3.27. The molecule has 0 N–H and O–H groups in total. The van der Waals surface area contributed by atoms with Gasteiger partial charge in [-0.15, -0.1) is 0 Å². The average Bonchev–Trinajstić information content (AvgIpc) is 1.57. The van der Waals surface area contributed by atoms with Gasteiger partial charge in [0.15, 0.2) is 0 Å². The summed E-state index contributed by atoms with van der Waals surface area (Å²) in [6.07, 6.45) is 1.55. The molecule has 2 heteroatoms. The standard InChI is InChI=1S/C7H18Si2/c1-8(2,3)9(4)6-5-7-9/h5-7H2,1-4H3. The molecule has 1 heterocycles. The second-order valence-electron chi connectivity index (χ2n) is 4.66. The first-order chi connectivity index (χ1) is 3.96. The first kappa shape index (κ1) is 7.54. The van der Waals surface area contributed by atoms with Crippen LogP contribution in [-0.4, -0.2) is 15.2 Å². The molecule has 0 aromatic heterocycles. The third-order valence-corrected chi connectivity index (χ3v) is 22.2. The van der Waals surface area contributed by atoms with Crippen LogP contribution in [0.2, 0.25) is 38.3 Å². The summed E-state index contributed by atoms with van der Waals surface area (Å²) < 4.78 is 0. The normalized spacial score (nSPS) is 25.3. The summed E-state index contributed by atoms with van der Waals surface area (Å²) in [4.78, 5) is 0. The summed E-state index contributed by atoms with van der Waals surface area (Å²) in [5, 5.41) is 0. The Morgan fingerprint density at radius 1 is 1.11 bits per heavy atom. The monoisotopic (exact) mass is 158 g/mol. The predicted molar refractivity (Wildman–Crippen MR) is 49.2 cm³/mol. The van der Waals surface area contributed by atoms with Crippen LogP contribution < -0.4 is 0 Å². The van der Waals surface area contributed by atoms with E-state index in [9.17, 15) is 0 Å². The molecule has 0 saturated carbocycles. The topological polar surface area (TPSA) is 0 Å². The molecule has 0 atom stereocenters. The minimum atomic E-state index is -0.659. The van der Waals surface area contributed by atoms with Crippen molar-refractivity contribution >= 4 is 15.2 Å². The molecule has 1 fully saturated rings. The largest absolute Gasteiger partial charge is 0.0715 e. The lowest BCUT2D eigenvalue weighted by atomic mass is 10.5. The van der Waals surface area contributed by atoms with Gasteiger partial charge in [0.25, 0.3) is 0 Å². The van der Waals surface area contributed by atoms with Gasteiger partial charge < -0.3 is 0 Å². The van der Waals surface area contributed by atoms with Crippen LogP contribution >= 0.6 is 0 Å². The van der Waals surface area contributed by atoms with Crippen molar-refractivity contribution in [1.29, 1.82) is 0 Å². The van der Waals surface area contributed by atoms with Gasteiger partial charge in [0.2, 0.25) is 0 Å². The van der Waals surface area contributed by atoms with Crippen molar-refractivity contribution < 1.29 is 0 Å². The van der Waals surface area contributed by atoms with Crippen LogP contribution in [0, 0.1) is 0 Å². The summed E-state index contributed by atoms with van der Waals surface area (Å²) in [7, 11) is -1.22. The fourth-order valence-corrected chi connectivity index (χ4v) is 9.93. The summed E-state index contributed by atoms with van der Waals surface area (Å²) in [5.41, 5.74) is 0. The second-order valence-corrected chi connectivity index (χ2v) is 21.4. The minimum absolute atomic E-state index is 0.559. The first-order valence-corrected chi connectivity index (χ1v) is 11.4. The maximum absolute atomic E-state index is 2.61. The van der Waals surface area contributed by atoms with Crippen molar-refractivity contribution in [1.82, 2.24) is 0 Å². The Labute approximate surface area is 60.5 Å². The summed E-state index contributed by atoms with van der Waals surface area (Å²) >= 11 is 0. The van der Waals surface area contributed by atoms with Gasteiger partial charge in [-0.05, 0) is 0 Å². The highest BCUT2D eigenvalue weighted by atomic mass is 29.3. The van der Waals surface area contributed by atoms with Gasteiger partial charge in [-0.25, -0.2) is 0 Å². The van der Waals surface area contributed by atoms with Crippen molar-refractivity contribution in [3.05, 3.63) is 0 Å². The fourth-order valence-electron chi connectivity index (χ4n) is 1.46. The number of rotatable bonds is 1. The summed E-state index contributed by atoms with van der Waals surface area (Å²) in [6.45, 7) is 10.3. The molecule has 0 amide bonds. The maximum Gasteiger partial charge on any atom is 0.0440 e. The molecule has 0 spiro atoms. The smallest absolute Gasteiger partial charge is 0.0440 e. The molecule has 0 bridgehead atoms. The van der Waals surface area contributed by atoms with Gasteiger partial charge in [0, 0.05) is 15.2 Å². The van der Waals surface area contributed by atoms with Gasteiger partial charge in [0.1, 0.15) is 0 Å². The van der Waals surface area contributed by atoms with Crippen LogP contribution in [0.3, 0.4) is 0 Å². The van der Waals surface area contributed by atoms with Crippen molar-refractivity contribution in [3.8, 4) is 0 Å². The van der Waals surface area contributed by atoms with E-state index in [1.807, 2.05) is 0 Å². The molecule has 1 aliphatic heterocycles. The highest BCUT2D eigenvalue weighted by Gasteiger charge is 2.45. The zero-order valence-corrected chi connectivity index (χ0v) is 9.12. The van der Waals surface area contributed by atoms with Crippen LogP contribution in [0.25, 0.3) is 0 Å². The molecular weight excluding hydrogens is 140 g/mol. The summed E-state index contributed by atoms with van der Waals surface area (Å²) in [5.74, 6) is 0. The Bertz CT molecular complexity index is 109. The molecule has 0 unspecified atom stereocenters. The molecule has 0 radical (unpaired) electrons. The lowest BCUT2D eigenvalue weighted by molar-refractivity contribution is 0.923. The van der Waals surface area contributed by atoms with Crippen LogP contribution in [0.4, 0.5) is 0 Å². The lowest BCUT2D eigenvalue weighted by Gasteiger charge is -2.46. The van der Waals surface area contributed by atoms with Gasteiger partial charge in [-0.1, -0.05) is 44.7 Å². The Hall–Kier alpha value is 0.434. The zero-order valence-electron chi connectivity index (χ0n) is 7.12. The molecule has 0 aromatic rings. The molecule has 0 aromatic carbocycles.